The van der Waals surface area contributed by atoms with Crippen LogP contribution in [0.15, 0.2) is 18.2 Å². The highest BCUT2D eigenvalue weighted by molar-refractivity contribution is 5.36. The number of benzene rings is 1. The lowest BCUT2D eigenvalue weighted by molar-refractivity contribution is -0.143. The maximum absolute atomic E-state index is 13.3. The Hall–Kier alpha value is -1.28. The Morgan fingerprint density at radius 2 is 1.33 bits per heavy atom. The van der Waals surface area contributed by atoms with E-state index in [2.05, 4.69) is 10.2 Å². The van der Waals surface area contributed by atoms with Crippen LogP contribution in [0, 0.1) is 5.92 Å². The van der Waals surface area contributed by atoms with E-state index in [0.717, 1.165) is 44.2 Å². The van der Waals surface area contributed by atoms with Gasteiger partial charge in [-0.25, -0.2) is 0 Å². The molecule has 2 aliphatic rings. The highest BCUT2D eigenvalue weighted by atomic mass is 19.4. The number of nitrogens with one attached hydrogen (secondary N) is 1. The van der Waals surface area contributed by atoms with Crippen molar-refractivity contribution in [3.05, 3.63) is 34.9 Å². The molecule has 0 unspecified atom stereocenters. The van der Waals surface area contributed by atoms with Gasteiger partial charge >= 0.3 is 12.4 Å². The zero-order valence-corrected chi connectivity index (χ0v) is 15.0. The smallest absolute Gasteiger partial charge is 0.314 e. The third-order valence-electron chi connectivity index (χ3n) is 5.59. The van der Waals surface area contributed by atoms with Crippen LogP contribution in [-0.2, 0) is 12.4 Å². The molecule has 27 heavy (non-hydrogen) atoms. The van der Waals surface area contributed by atoms with Gasteiger partial charge in [-0.1, -0.05) is 19.3 Å². The van der Waals surface area contributed by atoms with E-state index in [1.54, 1.807) is 0 Å². The fourth-order valence-electron chi connectivity index (χ4n) is 4.34. The molecule has 2 fully saturated rings. The van der Waals surface area contributed by atoms with Gasteiger partial charge in [0.1, 0.15) is 0 Å². The van der Waals surface area contributed by atoms with Crippen LogP contribution in [0.25, 0.3) is 0 Å². The number of alkyl halides is 6. The number of hydrogen-bond acceptors (Lipinski definition) is 2. The van der Waals surface area contributed by atoms with E-state index >= 15 is 0 Å². The van der Waals surface area contributed by atoms with Crippen molar-refractivity contribution in [1.82, 2.24) is 10.2 Å². The van der Waals surface area contributed by atoms with Crippen LogP contribution in [-0.4, -0.2) is 31.1 Å². The summed E-state index contributed by atoms with van der Waals surface area (Å²) in [5.74, 6) is 0.0846. The van der Waals surface area contributed by atoms with Gasteiger partial charge in [0.05, 0.1) is 11.1 Å². The van der Waals surface area contributed by atoms with E-state index in [1.807, 2.05) is 0 Å². The highest BCUT2D eigenvalue weighted by Gasteiger charge is 2.39. The van der Waals surface area contributed by atoms with Crippen LogP contribution in [0.5, 0.6) is 0 Å². The minimum atomic E-state index is -4.81. The number of hydrogen-bond donors (Lipinski definition) is 1. The topological polar surface area (TPSA) is 15.3 Å². The largest absolute Gasteiger partial charge is 0.416 e. The molecule has 0 bridgehead atoms. The molecule has 1 aromatic rings. The summed E-state index contributed by atoms with van der Waals surface area (Å²) >= 11 is 0. The summed E-state index contributed by atoms with van der Waals surface area (Å²) in [7, 11) is 0. The number of nitrogens with zero attached hydrogens (tertiary/aromatic N) is 1. The van der Waals surface area contributed by atoms with Crippen molar-refractivity contribution in [3.63, 3.8) is 0 Å². The Labute approximate surface area is 154 Å². The standard InChI is InChI=1S/C19H24F6N2/c20-18(21,22)15-10-14(11-16(12-15)19(23,24)25)17(13-4-2-1-3-5-13)27-8-6-26-7-9-27/h10-13,17,26H,1-9H2/t17-/m0/s1. The second kappa shape index (κ2) is 7.99. The first-order chi connectivity index (χ1) is 12.7. The number of halogens is 6. The second-order valence-electron chi connectivity index (χ2n) is 7.47. The van der Waals surface area contributed by atoms with Crippen LogP contribution in [0.2, 0.25) is 0 Å². The molecule has 1 aliphatic heterocycles. The molecule has 0 aromatic heterocycles. The van der Waals surface area contributed by atoms with Gasteiger partial charge in [-0.05, 0) is 42.5 Å². The first-order valence-electron chi connectivity index (χ1n) is 9.40. The Morgan fingerprint density at radius 1 is 0.815 bits per heavy atom. The van der Waals surface area contributed by atoms with Crippen molar-refractivity contribution in [3.8, 4) is 0 Å². The zero-order chi connectivity index (χ0) is 19.7. The summed E-state index contributed by atoms with van der Waals surface area (Å²) in [6.45, 7) is 2.63. The van der Waals surface area contributed by atoms with Crippen LogP contribution < -0.4 is 5.32 Å². The predicted molar refractivity (Wildman–Crippen MR) is 90.2 cm³/mol. The summed E-state index contributed by atoms with van der Waals surface area (Å²) in [5.41, 5.74) is -2.29. The summed E-state index contributed by atoms with van der Waals surface area (Å²) in [6, 6.07) is 1.67. The normalized spacial score (nSPS) is 22.0. The molecule has 1 saturated heterocycles. The molecule has 1 aromatic carbocycles. The van der Waals surface area contributed by atoms with E-state index in [1.165, 1.54) is 0 Å². The average Bonchev–Trinajstić information content (AvgIpc) is 2.62. The molecule has 1 saturated carbocycles. The van der Waals surface area contributed by atoms with Gasteiger partial charge in [-0.15, -0.1) is 0 Å². The van der Waals surface area contributed by atoms with Crippen molar-refractivity contribution in [2.24, 2.45) is 5.92 Å². The molecule has 8 heteroatoms. The molecule has 0 radical (unpaired) electrons. The summed E-state index contributed by atoms with van der Waals surface area (Å²) in [4.78, 5) is 2.06. The molecule has 152 valence electrons. The molecule has 1 heterocycles. The van der Waals surface area contributed by atoms with Crippen LogP contribution >= 0.6 is 0 Å². The third-order valence-corrected chi connectivity index (χ3v) is 5.59. The van der Waals surface area contributed by atoms with Gasteiger partial charge in [-0.2, -0.15) is 26.3 Å². The minimum Gasteiger partial charge on any atom is -0.314 e. The van der Waals surface area contributed by atoms with Gasteiger partial charge in [-0.3, -0.25) is 4.90 Å². The van der Waals surface area contributed by atoms with Crippen molar-refractivity contribution in [2.75, 3.05) is 26.2 Å². The molecular weight excluding hydrogens is 370 g/mol. The molecule has 1 atom stereocenters. The summed E-state index contributed by atoms with van der Waals surface area (Å²) in [6.07, 6.45) is -4.93. The second-order valence-corrected chi connectivity index (χ2v) is 7.47. The monoisotopic (exact) mass is 394 g/mol. The molecule has 3 rings (SSSR count). The van der Waals surface area contributed by atoms with Crippen LogP contribution in [0.4, 0.5) is 26.3 Å². The molecule has 1 aliphatic carbocycles. The fraction of sp³-hybridized carbons (Fsp3) is 0.684. The molecular formula is C19H24F6N2. The molecule has 0 amide bonds. The molecule has 0 spiro atoms. The minimum absolute atomic E-state index is 0.0846. The van der Waals surface area contributed by atoms with Gasteiger partial charge in [0.15, 0.2) is 0 Å². The van der Waals surface area contributed by atoms with E-state index < -0.39 is 29.5 Å². The van der Waals surface area contributed by atoms with Crippen molar-refractivity contribution >= 4 is 0 Å². The van der Waals surface area contributed by atoms with Gasteiger partial charge in [0, 0.05) is 32.2 Å². The molecule has 1 N–H and O–H groups in total. The van der Waals surface area contributed by atoms with Crippen molar-refractivity contribution < 1.29 is 26.3 Å². The quantitative estimate of drug-likeness (QED) is 0.705. The van der Waals surface area contributed by atoms with Crippen LogP contribution in [0.3, 0.4) is 0 Å². The van der Waals surface area contributed by atoms with E-state index in [0.29, 0.717) is 26.2 Å². The predicted octanol–water partition coefficient (Wildman–Crippen LogP) is 5.25. The lowest BCUT2D eigenvalue weighted by Crippen LogP contribution is -2.47. The zero-order valence-electron chi connectivity index (χ0n) is 15.0. The Morgan fingerprint density at radius 3 is 1.81 bits per heavy atom. The summed E-state index contributed by atoms with van der Waals surface area (Å²) in [5, 5.41) is 3.19. The third kappa shape index (κ3) is 4.96. The molecule has 2 nitrogen and oxygen atoms in total. The SMILES string of the molecule is FC(F)(F)c1cc([C@H](C2CCCCC2)N2CCNCC2)cc(C(F)(F)F)c1. The van der Waals surface area contributed by atoms with Gasteiger partial charge in [0.25, 0.3) is 0 Å². The Balaban J connectivity index is 2.06. The first-order valence-corrected chi connectivity index (χ1v) is 9.40. The van der Waals surface area contributed by atoms with E-state index in [4.69, 9.17) is 0 Å². The lowest BCUT2D eigenvalue weighted by Gasteiger charge is -2.41. The van der Waals surface area contributed by atoms with Crippen LogP contribution in [0.1, 0.15) is 54.8 Å². The van der Waals surface area contributed by atoms with Gasteiger partial charge < -0.3 is 5.32 Å². The maximum atomic E-state index is 13.3. The number of piperazine rings is 1. The van der Waals surface area contributed by atoms with Crippen molar-refractivity contribution in [1.29, 1.82) is 0 Å². The lowest BCUT2D eigenvalue weighted by atomic mass is 9.79. The Kier molecular flexibility index (Phi) is 6.05. The van der Waals surface area contributed by atoms with E-state index in [9.17, 15) is 26.3 Å². The summed E-state index contributed by atoms with van der Waals surface area (Å²) < 4.78 is 79.8. The average molecular weight is 394 g/mol. The highest BCUT2D eigenvalue weighted by Crippen LogP contribution is 2.43. The first kappa shape index (κ1) is 20.5. The Bertz CT molecular complexity index is 578. The number of rotatable bonds is 3. The van der Waals surface area contributed by atoms with Crippen molar-refractivity contribution in [2.45, 2.75) is 50.5 Å². The van der Waals surface area contributed by atoms with E-state index in [-0.39, 0.29) is 17.5 Å². The van der Waals surface area contributed by atoms with Gasteiger partial charge in [0.2, 0.25) is 0 Å². The fourth-order valence-corrected chi connectivity index (χ4v) is 4.34. The maximum Gasteiger partial charge on any atom is 0.416 e.